The quantitative estimate of drug-likeness (QED) is 0.346. The molecule has 0 saturated heterocycles. The third-order valence-corrected chi connectivity index (χ3v) is 5.64. The number of methoxy groups -OCH3 is 1. The van der Waals surface area contributed by atoms with Crippen molar-refractivity contribution in [1.82, 2.24) is 9.97 Å². The Kier molecular flexibility index (Phi) is 5.77. The highest BCUT2D eigenvalue weighted by atomic mass is 32.2. The van der Waals surface area contributed by atoms with Crippen molar-refractivity contribution >= 4 is 29.1 Å². The van der Waals surface area contributed by atoms with Crippen LogP contribution in [0.15, 0.2) is 58.5 Å². The molecule has 0 fully saturated rings. The summed E-state index contributed by atoms with van der Waals surface area (Å²) in [5.74, 6) is 0.797. The van der Waals surface area contributed by atoms with Gasteiger partial charge in [0.1, 0.15) is 11.5 Å². The van der Waals surface area contributed by atoms with Gasteiger partial charge in [-0.3, -0.25) is 14.4 Å². The smallest absolute Gasteiger partial charge is 0.262 e. The normalized spacial score (nSPS) is 13.5. The van der Waals surface area contributed by atoms with Crippen molar-refractivity contribution in [3.63, 3.8) is 0 Å². The zero-order valence-electron chi connectivity index (χ0n) is 16.8. The molecule has 1 amide bonds. The maximum Gasteiger partial charge on any atom is 0.262 e. The number of H-pyrrole nitrogens is 1. The zero-order chi connectivity index (χ0) is 22.0. The molecule has 2 N–H and O–H groups in total. The highest BCUT2D eigenvalue weighted by Crippen LogP contribution is 2.31. The number of hydrogen-bond acceptors (Lipinski definition) is 7. The molecule has 4 rings (SSSR count). The number of Topliss-reactive ketones (excluding diaryl/α,β-unsaturated/α-hetero) is 1. The van der Waals surface area contributed by atoms with E-state index in [1.807, 2.05) is 12.1 Å². The molecule has 8 nitrogen and oxygen atoms in total. The molecule has 1 atom stereocenters. The van der Waals surface area contributed by atoms with E-state index in [2.05, 4.69) is 15.3 Å². The third-order valence-electron chi connectivity index (χ3n) is 4.66. The second-order valence-corrected chi connectivity index (χ2v) is 8.17. The summed E-state index contributed by atoms with van der Waals surface area (Å²) in [4.78, 5) is 43.8. The van der Waals surface area contributed by atoms with Crippen LogP contribution in [0.2, 0.25) is 0 Å². The Balaban J connectivity index is 1.54. The van der Waals surface area contributed by atoms with Crippen molar-refractivity contribution in [2.24, 2.45) is 0 Å². The third kappa shape index (κ3) is 4.61. The van der Waals surface area contributed by atoms with Gasteiger partial charge >= 0.3 is 0 Å². The summed E-state index contributed by atoms with van der Waals surface area (Å²) in [5, 5.41) is 2.51. The Morgan fingerprint density at radius 3 is 2.68 bits per heavy atom. The van der Waals surface area contributed by atoms with Gasteiger partial charge in [-0.1, -0.05) is 11.8 Å². The Hall–Kier alpha value is -3.59. The highest BCUT2D eigenvalue weighted by molar-refractivity contribution is 8.00. The van der Waals surface area contributed by atoms with E-state index >= 15 is 0 Å². The van der Waals surface area contributed by atoms with Gasteiger partial charge in [-0.15, -0.1) is 0 Å². The number of aromatic amines is 1. The molecule has 9 heteroatoms. The van der Waals surface area contributed by atoms with Crippen LogP contribution in [0.25, 0.3) is 11.3 Å². The van der Waals surface area contributed by atoms with Crippen LogP contribution in [0.5, 0.6) is 11.5 Å². The second kappa shape index (κ2) is 8.65. The van der Waals surface area contributed by atoms with Crippen LogP contribution >= 0.6 is 11.8 Å². The summed E-state index contributed by atoms with van der Waals surface area (Å²) in [7, 11) is 1.58. The van der Waals surface area contributed by atoms with E-state index in [4.69, 9.17) is 9.47 Å². The van der Waals surface area contributed by atoms with Crippen molar-refractivity contribution in [1.29, 1.82) is 0 Å². The number of fused-ring (bicyclic) bond motifs is 1. The maximum absolute atomic E-state index is 12.9. The first kappa shape index (κ1) is 20.7. The highest BCUT2D eigenvalue weighted by Gasteiger charge is 2.22. The molecule has 0 radical (unpaired) electrons. The Morgan fingerprint density at radius 1 is 1.16 bits per heavy atom. The van der Waals surface area contributed by atoms with Crippen LogP contribution in [0.1, 0.15) is 17.3 Å². The van der Waals surface area contributed by atoms with Gasteiger partial charge in [-0.05, 0) is 49.4 Å². The lowest BCUT2D eigenvalue weighted by molar-refractivity contribution is -0.118. The van der Waals surface area contributed by atoms with Crippen LogP contribution in [-0.2, 0) is 4.79 Å². The average molecular weight is 437 g/mol. The van der Waals surface area contributed by atoms with E-state index in [0.717, 1.165) is 17.3 Å². The average Bonchev–Trinajstić information content (AvgIpc) is 2.77. The molecule has 1 unspecified atom stereocenters. The standard InChI is InChI=1S/C22H19N3O5S/c1-12(21(28)14-5-8-18-17(9-14)23-20(27)11-30-18)31-22-24-16(10-19(26)25-22)13-3-6-15(29-2)7-4-13/h3-10,12H,11H2,1-2H3,(H,23,27)(H,24,25,26). The predicted octanol–water partition coefficient (Wildman–Crippen LogP) is 3.14. The number of ketones is 1. The minimum Gasteiger partial charge on any atom is -0.497 e. The Bertz CT molecular complexity index is 1210. The van der Waals surface area contributed by atoms with Crippen molar-refractivity contribution in [3.8, 4) is 22.8 Å². The molecule has 0 spiro atoms. The molecular formula is C22H19N3O5S. The van der Waals surface area contributed by atoms with Gasteiger partial charge in [0.15, 0.2) is 17.5 Å². The molecule has 0 aliphatic carbocycles. The summed E-state index contributed by atoms with van der Waals surface area (Å²) < 4.78 is 10.5. The second-order valence-electron chi connectivity index (χ2n) is 6.84. The maximum atomic E-state index is 12.9. The minimum absolute atomic E-state index is 0.0455. The molecule has 1 aliphatic rings. The van der Waals surface area contributed by atoms with Gasteiger partial charge in [-0.25, -0.2) is 4.98 Å². The summed E-state index contributed by atoms with van der Waals surface area (Å²) in [6.45, 7) is 1.69. The fraction of sp³-hybridized carbons (Fsp3) is 0.182. The van der Waals surface area contributed by atoms with Gasteiger partial charge in [0.2, 0.25) is 0 Å². The monoisotopic (exact) mass is 437 g/mol. The lowest BCUT2D eigenvalue weighted by Crippen LogP contribution is -2.25. The molecule has 1 aromatic heterocycles. The largest absolute Gasteiger partial charge is 0.497 e. The number of hydrogen-bond donors (Lipinski definition) is 2. The first-order valence-corrected chi connectivity index (χ1v) is 10.3. The van der Waals surface area contributed by atoms with Crippen LogP contribution in [0.3, 0.4) is 0 Å². The van der Waals surface area contributed by atoms with Crippen LogP contribution in [-0.4, -0.2) is 40.6 Å². The number of nitrogens with zero attached hydrogens (tertiary/aromatic N) is 1. The molecule has 3 aromatic rings. The van der Waals surface area contributed by atoms with Gasteiger partial charge in [0, 0.05) is 17.2 Å². The summed E-state index contributed by atoms with van der Waals surface area (Å²) in [5.41, 5.74) is 1.85. The van der Waals surface area contributed by atoms with E-state index in [1.165, 1.54) is 6.07 Å². The number of carbonyl (C=O) groups is 2. The van der Waals surface area contributed by atoms with Gasteiger partial charge < -0.3 is 19.8 Å². The first-order valence-electron chi connectivity index (χ1n) is 9.46. The number of benzene rings is 2. The SMILES string of the molecule is COc1ccc(-c2cc(=O)[nH]c(SC(C)C(=O)c3ccc4c(c3)NC(=O)CO4)n2)cc1. The van der Waals surface area contributed by atoms with Crippen molar-refractivity contribution in [3.05, 3.63) is 64.4 Å². The van der Waals surface area contributed by atoms with E-state index < -0.39 is 5.25 Å². The molecule has 158 valence electrons. The fourth-order valence-corrected chi connectivity index (χ4v) is 3.98. The van der Waals surface area contributed by atoms with Gasteiger partial charge in [0.05, 0.1) is 23.7 Å². The van der Waals surface area contributed by atoms with Gasteiger partial charge in [0.25, 0.3) is 11.5 Å². The van der Waals surface area contributed by atoms with Gasteiger partial charge in [-0.2, -0.15) is 0 Å². The number of carbonyl (C=O) groups excluding carboxylic acids is 2. The zero-order valence-corrected chi connectivity index (χ0v) is 17.6. The lowest BCUT2D eigenvalue weighted by atomic mass is 10.1. The minimum atomic E-state index is -0.521. The van der Waals surface area contributed by atoms with Crippen molar-refractivity contribution in [2.75, 3.05) is 19.0 Å². The topological polar surface area (TPSA) is 110 Å². The van der Waals surface area contributed by atoms with Crippen LogP contribution < -0.4 is 20.3 Å². The molecule has 2 aromatic carbocycles. The number of anilines is 1. The van der Waals surface area contributed by atoms with E-state index in [9.17, 15) is 14.4 Å². The molecule has 0 saturated carbocycles. The molecule has 0 bridgehead atoms. The fourth-order valence-electron chi connectivity index (χ4n) is 3.09. The summed E-state index contributed by atoms with van der Waals surface area (Å²) in [6.07, 6.45) is 0. The molecule has 2 heterocycles. The first-order chi connectivity index (χ1) is 14.9. The predicted molar refractivity (Wildman–Crippen MR) is 117 cm³/mol. The summed E-state index contributed by atoms with van der Waals surface area (Å²) >= 11 is 1.16. The lowest BCUT2D eigenvalue weighted by Gasteiger charge is -2.19. The number of rotatable bonds is 6. The Labute approximate surface area is 182 Å². The van der Waals surface area contributed by atoms with E-state index in [-0.39, 0.29) is 23.9 Å². The van der Waals surface area contributed by atoms with Crippen LogP contribution in [0.4, 0.5) is 5.69 Å². The Morgan fingerprint density at radius 2 is 1.94 bits per heavy atom. The number of aromatic nitrogens is 2. The van der Waals surface area contributed by atoms with Crippen molar-refractivity contribution < 1.29 is 19.1 Å². The molecule has 1 aliphatic heterocycles. The molecular weight excluding hydrogens is 418 g/mol. The van der Waals surface area contributed by atoms with E-state index in [1.54, 1.807) is 44.4 Å². The van der Waals surface area contributed by atoms with E-state index in [0.29, 0.717) is 33.6 Å². The number of thioether (sulfide) groups is 1. The number of amides is 1. The summed E-state index contributed by atoms with van der Waals surface area (Å²) in [6, 6.07) is 13.5. The van der Waals surface area contributed by atoms with Crippen LogP contribution in [0, 0.1) is 0 Å². The van der Waals surface area contributed by atoms with Crippen molar-refractivity contribution in [2.45, 2.75) is 17.3 Å². The number of nitrogens with one attached hydrogen (secondary N) is 2. The number of ether oxygens (including phenoxy) is 2. The molecule has 31 heavy (non-hydrogen) atoms.